The van der Waals surface area contributed by atoms with Gasteiger partial charge in [0.1, 0.15) is 0 Å². The average Bonchev–Trinajstić information content (AvgIpc) is 2.72. The summed E-state index contributed by atoms with van der Waals surface area (Å²) in [4.78, 5) is 0. The van der Waals surface area contributed by atoms with E-state index >= 15 is 0 Å². The Kier molecular flexibility index (Phi) is 26.6. The molecule has 0 aliphatic carbocycles. The molecule has 0 aromatic rings. The van der Waals surface area contributed by atoms with Crippen molar-refractivity contribution >= 4 is 10.4 Å². The van der Waals surface area contributed by atoms with Gasteiger partial charge in [0.25, 0.3) is 0 Å². The van der Waals surface area contributed by atoms with Crippen LogP contribution in [0.25, 0.3) is 0 Å². The Morgan fingerprint density at radius 3 is 1.09 bits per heavy atom. The Balaban J connectivity index is -0.000000453. The number of rotatable bonds is 16. The van der Waals surface area contributed by atoms with Crippen LogP contribution < -0.4 is 11.5 Å². The molecule has 6 atom stereocenters. The standard InChI is InChI=1S/2C13H29N.H2O4S/c2*1-5-11(2)10-13(4)12(3)8-6-7-9-14;1-5(2,3)4/h2*11-13H,5-10,14H2,1-4H3;(H2,1,2,3,4). The highest BCUT2D eigenvalue weighted by Crippen LogP contribution is 2.26. The fraction of sp³-hybridized carbons (Fsp3) is 1.00. The summed E-state index contributed by atoms with van der Waals surface area (Å²) in [6.45, 7) is 20.6. The van der Waals surface area contributed by atoms with Crippen molar-refractivity contribution in [1.29, 1.82) is 0 Å². The van der Waals surface area contributed by atoms with Crippen molar-refractivity contribution in [3.63, 3.8) is 0 Å². The molecular weight excluding hydrogens is 436 g/mol. The molecule has 33 heavy (non-hydrogen) atoms. The van der Waals surface area contributed by atoms with Crippen LogP contribution in [0.5, 0.6) is 0 Å². The zero-order chi connectivity index (χ0) is 26.4. The maximum absolute atomic E-state index is 8.74. The van der Waals surface area contributed by atoms with E-state index in [1.54, 1.807) is 0 Å². The van der Waals surface area contributed by atoms with Crippen LogP contribution in [-0.4, -0.2) is 30.6 Å². The lowest BCUT2D eigenvalue weighted by molar-refractivity contribution is 0.290. The molecule has 7 heteroatoms. The summed E-state index contributed by atoms with van der Waals surface area (Å²) in [5.41, 5.74) is 11.0. The normalized spacial score (nSPS) is 16.8. The smallest absolute Gasteiger partial charge is 0.330 e. The second-order valence-electron chi connectivity index (χ2n) is 10.4. The SMILES string of the molecule is CCC(C)CC(C)C(C)CCCCN.CCC(C)CC(C)C(C)CCCCN.O=S(=O)(O)O. The van der Waals surface area contributed by atoms with E-state index < -0.39 is 10.4 Å². The summed E-state index contributed by atoms with van der Waals surface area (Å²) in [5, 5.41) is 0. The molecule has 6 nitrogen and oxygen atoms in total. The van der Waals surface area contributed by atoms with Crippen LogP contribution in [-0.2, 0) is 10.4 Å². The first-order chi connectivity index (χ1) is 15.2. The predicted octanol–water partition coefficient (Wildman–Crippen LogP) is 6.99. The fourth-order valence-corrected chi connectivity index (χ4v) is 3.86. The average molecular weight is 497 g/mol. The molecule has 0 aliphatic rings. The Morgan fingerprint density at radius 1 is 0.606 bits per heavy atom. The van der Waals surface area contributed by atoms with Gasteiger partial charge >= 0.3 is 10.4 Å². The van der Waals surface area contributed by atoms with Crippen LogP contribution >= 0.6 is 0 Å². The molecule has 6 unspecified atom stereocenters. The van der Waals surface area contributed by atoms with Gasteiger partial charge in [0.15, 0.2) is 0 Å². The third-order valence-corrected chi connectivity index (χ3v) is 7.11. The van der Waals surface area contributed by atoms with Gasteiger partial charge in [-0.1, -0.05) is 93.9 Å². The van der Waals surface area contributed by atoms with Gasteiger partial charge in [0.2, 0.25) is 0 Å². The van der Waals surface area contributed by atoms with Crippen LogP contribution in [0.15, 0.2) is 0 Å². The molecule has 0 radical (unpaired) electrons. The Morgan fingerprint density at radius 2 is 0.879 bits per heavy atom. The molecule has 0 saturated heterocycles. The van der Waals surface area contributed by atoms with Gasteiger partial charge < -0.3 is 11.5 Å². The molecule has 0 aliphatic heterocycles. The van der Waals surface area contributed by atoms with Gasteiger partial charge in [0, 0.05) is 0 Å². The van der Waals surface area contributed by atoms with Gasteiger partial charge in [-0.05, 0) is 74.3 Å². The second kappa shape index (κ2) is 23.5. The van der Waals surface area contributed by atoms with Crippen molar-refractivity contribution in [3.8, 4) is 0 Å². The minimum absolute atomic E-state index is 0.854. The molecule has 0 saturated carbocycles. The van der Waals surface area contributed by atoms with Crippen molar-refractivity contribution in [1.82, 2.24) is 0 Å². The molecular formula is C26H60N2O4S. The quantitative estimate of drug-likeness (QED) is 0.135. The number of nitrogens with two attached hydrogens (primary N) is 2. The van der Waals surface area contributed by atoms with Gasteiger partial charge in [-0.2, -0.15) is 8.42 Å². The summed E-state index contributed by atoms with van der Waals surface area (Å²) in [6.07, 6.45) is 13.1. The lowest BCUT2D eigenvalue weighted by Gasteiger charge is -2.22. The molecule has 0 aromatic heterocycles. The Bertz CT molecular complexity index is 465. The predicted molar refractivity (Wildman–Crippen MR) is 145 cm³/mol. The highest BCUT2D eigenvalue weighted by atomic mass is 32.3. The van der Waals surface area contributed by atoms with Crippen LogP contribution in [0.4, 0.5) is 0 Å². The minimum atomic E-state index is -4.67. The van der Waals surface area contributed by atoms with E-state index in [-0.39, 0.29) is 0 Å². The van der Waals surface area contributed by atoms with Crippen molar-refractivity contribution < 1.29 is 17.5 Å². The Hall–Kier alpha value is -0.210. The lowest BCUT2D eigenvalue weighted by Crippen LogP contribution is -2.12. The van der Waals surface area contributed by atoms with E-state index in [4.69, 9.17) is 29.0 Å². The molecule has 0 bridgehead atoms. The zero-order valence-electron chi connectivity index (χ0n) is 23.2. The molecule has 6 N–H and O–H groups in total. The van der Waals surface area contributed by atoms with Crippen LogP contribution in [0.1, 0.15) is 120 Å². The monoisotopic (exact) mass is 496 g/mol. The van der Waals surface area contributed by atoms with Gasteiger partial charge in [0.05, 0.1) is 0 Å². The first-order valence-corrected chi connectivity index (χ1v) is 14.7. The van der Waals surface area contributed by atoms with E-state index in [2.05, 4.69) is 55.4 Å². The summed E-state index contributed by atoms with van der Waals surface area (Å²) in [5.74, 6) is 5.28. The van der Waals surface area contributed by atoms with Crippen molar-refractivity contribution in [2.24, 2.45) is 47.0 Å². The largest absolute Gasteiger partial charge is 0.394 e. The first-order valence-electron chi connectivity index (χ1n) is 13.3. The van der Waals surface area contributed by atoms with Gasteiger partial charge in [-0.15, -0.1) is 0 Å². The highest BCUT2D eigenvalue weighted by Gasteiger charge is 2.15. The van der Waals surface area contributed by atoms with E-state index in [0.717, 1.165) is 48.6 Å². The Labute approximate surface area is 207 Å². The van der Waals surface area contributed by atoms with E-state index in [1.807, 2.05) is 0 Å². The summed E-state index contributed by atoms with van der Waals surface area (Å²) >= 11 is 0. The summed E-state index contributed by atoms with van der Waals surface area (Å²) in [6, 6.07) is 0. The molecule has 0 fully saturated rings. The van der Waals surface area contributed by atoms with Crippen molar-refractivity contribution in [3.05, 3.63) is 0 Å². The lowest BCUT2D eigenvalue weighted by atomic mass is 9.84. The first kappa shape index (κ1) is 37.3. The summed E-state index contributed by atoms with van der Waals surface area (Å²) in [7, 11) is -4.67. The number of unbranched alkanes of at least 4 members (excludes halogenated alkanes) is 2. The topological polar surface area (TPSA) is 127 Å². The minimum Gasteiger partial charge on any atom is -0.330 e. The van der Waals surface area contributed by atoms with E-state index in [1.165, 1.54) is 64.2 Å². The molecule has 0 spiro atoms. The van der Waals surface area contributed by atoms with Gasteiger partial charge in [-0.25, -0.2) is 0 Å². The van der Waals surface area contributed by atoms with E-state index in [0.29, 0.717) is 0 Å². The van der Waals surface area contributed by atoms with Crippen LogP contribution in [0, 0.1) is 35.5 Å². The molecule has 0 heterocycles. The van der Waals surface area contributed by atoms with Gasteiger partial charge in [-0.3, -0.25) is 9.11 Å². The summed E-state index contributed by atoms with van der Waals surface area (Å²) < 4.78 is 31.6. The maximum atomic E-state index is 8.74. The van der Waals surface area contributed by atoms with Crippen molar-refractivity contribution in [2.75, 3.05) is 13.1 Å². The van der Waals surface area contributed by atoms with E-state index in [9.17, 15) is 0 Å². The number of hydrogen-bond acceptors (Lipinski definition) is 4. The maximum Gasteiger partial charge on any atom is 0.394 e. The number of hydrogen-bond donors (Lipinski definition) is 4. The zero-order valence-corrected chi connectivity index (χ0v) is 24.0. The molecule has 0 amide bonds. The highest BCUT2D eigenvalue weighted by molar-refractivity contribution is 7.79. The van der Waals surface area contributed by atoms with Crippen molar-refractivity contribution in [2.45, 2.75) is 120 Å². The molecule has 0 aromatic carbocycles. The molecule has 0 rings (SSSR count). The van der Waals surface area contributed by atoms with Crippen LogP contribution in [0.2, 0.25) is 0 Å². The van der Waals surface area contributed by atoms with Crippen LogP contribution in [0.3, 0.4) is 0 Å². The third-order valence-electron chi connectivity index (χ3n) is 7.11. The molecule has 204 valence electrons. The third kappa shape index (κ3) is 31.8. The fourth-order valence-electron chi connectivity index (χ4n) is 3.86. The second-order valence-corrected chi connectivity index (χ2v) is 11.3.